The Morgan fingerprint density at radius 1 is 1.11 bits per heavy atom. The number of benzene rings is 1. The average Bonchev–Trinajstić information content (AvgIpc) is 2.84. The van der Waals surface area contributed by atoms with E-state index in [-0.39, 0.29) is 17.0 Å². The molecule has 0 unspecified atom stereocenters. The van der Waals surface area contributed by atoms with E-state index in [0.29, 0.717) is 49.7 Å². The van der Waals surface area contributed by atoms with Crippen LogP contribution < -0.4 is 20.1 Å². The van der Waals surface area contributed by atoms with E-state index in [2.05, 4.69) is 20.5 Å². The maximum atomic E-state index is 13.5. The first-order valence-electron chi connectivity index (χ1n) is 12.1. The molecule has 2 heterocycles. The molecule has 2 amide bonds. The number of methoxy groups -OCH3 is 2. The van der Waals surface area contributed by atoms with Gasteiger partial charge in [-0.05, 0) is 64.0 Å². The number of hydrogen-bond donors (Lipinski definition) is 2. The van der Waals surface area contributed by atoms with Crippen molar-refractivity contribution >= 4 is 21.7 Å². The van der Waals surface area contributed by atoms with Gasteiger partial charge in [0, 0.05) is 48.8 Å². The van der Waals surface area contributed by atoms with Crippen molar-refractivity contribution in [1.29, 1.82) is 0 Å². The minimum atomic E-state index is -3.77. The molecular weight excluding hydrogens is 482 g/mol. The fourth-order valence-corrected chi connectivity index (χ4v) is 6.44. The third-order valence-electron chi connectivity index (χ3n) is 6.29. The fraction of sp³-hybridized carbons (Fsp3) is 0.520. The minimum absolute atomic E-state index is 0.110. The number of carbonyl (C=O) groups is 1. The van der Waals surface area contributed by atoms with E-state index < -0.39 is 10.0 Å². The number of pyridine rings is 1. The zero-order valence-corrected chi connectivity index (χ0v) is 22.5. The fourth-order valence-electron chi connectivity index (χ4n) is 4.58. The Morgan fingerprint density at radius 2 is 1.78 bits per heavy atom. The molecule has 10 nitrogen and oxygen atoms in total. The average molecular weight is 520 g/mol. The summed E-state index contributed by atoms with van der Waals surface area (Å²) in [6, 6.07) is 8.09. The molecule has 1 aromatic heterocycles. The summed E-state index contributed by atoms with van der Waals surface area (Å²) in [5, 5.41) is 5.73. The zero-order chi connectivity index (χ0) is 26.3. The number of amides is 2. The van der Waals surface area contributed by atoms with Crippen LogP contribution in [0.15, 0.2) is 35.2 Å². The number of anilines is 1. The van der Waals surface area contributed by atoms with Crippen molar-refractivity contribution in [3.63, 3.8) is 0 Å². The van der Waals surface area contributed by atoms with E-state index in [0.717, 1.165) is 24.5 Å². The molecule has 0 aliphatic carbocycles. The summed E-state index contributed by atoms with van der Waals surface area (Å²) < 4.78 is 39.2. The number of urea groups is 1. The lowest BCUT2D eigenvalue weighted by molar-refractivity contribution is 0.162. The quantitative estimate of drug-likeness (QED) is 0.496. The van der Waals surface area contributed by atoms with Gasteiger partial charge in [-0.1, -0.05) is 6.92 Å². The van der Waals surface area contributed by atoms with E-state index in [1.807, 2.05) is 32.9 Å². The normalized spacial score (nSPS) is 15.1. The Hall–Kier alpha value is -2.89. The highest BCUT2D eigenvalue weighted by atomic mass is 32.2. The molecule has 1 aliphatic rings. The number of sulfonamides is 1. The van der Waals surface area contributed by atoms with Crippen LogP contribution in [-0.2, 0) is 10.0 Å². The van der Waals surface area contributed by atoms with Crippen molar-refractivity contribution in [3.8, 4) is 11.5 Å². The molecule has 1 fully saturated rings. The van der Waals surface area contributed by atoms with Gasteiger partial charge in [-0.2, -0.15) is 4.31 Å². The number of rotatable bonds is 10. The van der Waals surface area contributed by atoms with Crippen LogP contribution in [0.5, 0.6) is 11.5 Å². The minimum Gasteiger partial charge on any atom is -0.497 e. The van der Waals surface area contributed by atoms with Gasteiger partial charge in [-0.15, -0.1) is 0 Å². The number of aryl methyl sites for hydroxylation is 2. The van der Waals surface area contributed by atoms with Crippen LogP contribution in [0, 0.1) is 13.8 Å². The van der Waals surface area contributed by atoms with E-state index in [1.165, 1.54) is 20.3 Å². The number of likely N-dealkylation sites (tertiary alicyclic amines) is 1. The summed E-state index contributed by atoms with van der Waals surface area (Å²) >= 11 is 0. The molecule has 2 N–H and O–H groups in total. The van der Waals surface area contributed by atoms with E-state index >= 15 is 0 Å². The zero-order valence-electron chi connectivity index (χ0n) is 21.7. The van der Waals surface area contributed by atoms with Crippen LogP contribution in [0.4, 0.5) is 10.5 Å². The molecule has 1 aromatic carbocycles. The van der Waals surface area contributed by atoms with Gasteiger partial charge in [0.1, 0.15) is 16.4 Å². The van der Waals surface area contributed by atoms with Gasteiger partial charge in [-0.3, -0.25) is 4.98 Å². The lowest BCUT2D eigenvalue weighted by atomic mass is 10.1. The third-order valence-corrected chi connectivity index (χ3v) is 8.34. The molecule has 1 aliphatic heterocycles. The molecule has 0 saturated carbocycles. The number of ether oxygens (including phenoxy) is 2. The standard InChI is InChI=1S/C25H37N5O5S/c1-6-30(36(32,33)24-17-22(34-4)7-8-23(24)35-5)21-9-12-29(13-10-21)14-11-26-25(31)28-20-15-18(2)27-19(3)16-20/h7-8,15-17,21H,6,9-14H2,1-5H3,(H2,26,27,28,31). The topological polar surface area (TPSA) is 113 Å². The van der Waals surface area contributed by atoms with Crippen molar-refractivity contribution in [3.05, 3.63) is 41.7 Å². The lowest BCUT2D eigenvalue weighted by Gasteiger charge is -2.37. The van der Waals surface area contributed by atoms with Gasteiger partial charge in [0.2, 0.25) is 10.0 Å². The van der Waals surface area contributed by atoms with E-state index in [4.69, 9.17) is 9.47 Å². The van der Waals surface area contributed by atoms with Crippen LogP contribution in [0.1, 0.15) is 31.2 Å². The van der Waals surface area contributed by atoms with Crippen LogP contribution >= 0.6 is 0 Å². The molecule has 3 rings (SSSR count). The smallest absolute Gasteiger partial charge is 0.319 e. The Morgan fingerprint density at radius 3 is 2.36 bits per heavy atom. The Balaban J connectivity index is 1.53. The van der Waals surface area contributed by atoms with Crippen LogP contribution in [-0.4, -0.2) is 81.6 Å². The number of nitrogens with one attached hydrogen (secondary N) is 2. The van der Waals surface area contributed by atoms with Crippen molar-refractivity contribution in [2.45, 2.75) is 44.6 Å². The van der Waals surface area contributed by atoms with Crippen molar-refractivity contribution in [2.24, 2.45) is 0 Å². The molecule has 11 heteroatoms. The molecule has 0 atom stereocenters. The number of hydrogen-bond acceptors (Lipinski definition) is 7. The second-order valence-corrected chi connectivity index (χ2v) is 10.7. The predicted octanol–water partition coefficient (Wildman–Crippen LogP) is 3.01. The molecular formula is C25H37N5O5S. The first-order chi connectivity index (χ1) is 17.2. The van der Waals surface area contributed by atoms with Gasteiger partial charge < -0.3 is 25.0 Å². The predicted molar refractivity (Wildman–Crippen MR) is 139 cm³/mol. The molecule has 0 bridgehead atoms. The van der Waals surface area contributed by atoms with Gasteiger partial charge in [0.15, 0.2) is 0 Å². The highest BCUT2D eigenvalue weighted by molar-refractivity contribution is 7.89. The van der Waals surface area contributed by atoms with E-state index in [9.17, 15) is 13.2 Å². The Bertz CT molecular complexity index is 1130. The molecule has 0 spiro atoms. The summed E-state index contributed by atoms with van der Waals surface area (Å²) in [4.78, 5) is 18.9. The Labute approximate surface area is 214 Å². The lowest BCUT2D eigenvalue weighted by Crippen LogP contribution is -2.48. The SMILES string of the molecule is CCN(C1CCN(CCNC(=O)Nc2cc(C)nc(C)c2)CC1)S(=O)(=O)c1cc(OC)ccc1OC. The monoisotopic (exact) mass is 519 g/mol. The second kappa shape index (κ2) is 12.4. The van der Waals surface area contributed by atoms with Gasteiger partial charge in [0.05, 0.1) is 14.2 Å². The summed E-state index contributed by atoms with van der Waals surface area (Å²) in [7, 11) is -0.801. The van der Waals surface area contributed by atoms with Crippen LogP contribution in [0.3, 0.4) is 0 Å². The number of aromatic nitrogens is 1. The van der Waals surface area contributed by atoms with Gasteiger partial charge in [0.25, 0.3) is 0 Å². The van der Waals surface area contributed by atoms with Crippen LogP contribution in [0.25, 0.3) is 0 Å². The summed E-state index contributed by atoms with van der Waals surface area (Å²) in [6.07, 6.45) is 1.42. The van der Waals surface area contributed by atoms with Crippen molar-refractivity contribution in [2.75, 3.05) is 52.3 Å². The largest absolute Gasteiger partial charge is 0.497 e. The first kappa shape index (κ1) is 27.7. The van der Waals surface area contributed by atoms with E-state index in [1.54, 1.807) is 16.4 Å². The molecule has 0 radical (unpaired) electrons. The molecule has 2 aromatic rings. The van der Waals surface area contributed by atoms with Crippen molar-refractivity contribution in [1.82, 2.24) is 19.5 Å². The number of carbonyl (C=O) groups excluding carboxylic acids is 1. The molecule has 36 heavy (non-hydrogen) atoms. The third kappa shape index (κ3) is 6.86. The highest BCUT2D eigenvalue weighted by Gasteiger charge is 2.34. The van der Waals surface area contributed by atoms with Gasteiger partial charge in [-0.25, -0.2) is 13.2 Å². The number of nitrogens with zero attached hydrogens (tertiary/aromatic N) is 3. The maximum Gasteiger partial charge on any atom is 0.319 e. The molecule has 198 valence electrons. The van der Waals surface area contributed by atoms with Gasteiger partial charge >= 0.3 is 6.03 Å². The molecule has 1 saturated heterocycles. The summed E-state index contributed by atoms with van der Waals surface area (Å²) in [5.41, 5.74) is 2.41. The number of piperidine rings is 1. The second-order valence-electron chi connectivity index (χ2n) is 8.82. The summed E-state index contributed by atoms with van der Waals surface area (Å²) in [5.74, 6) is 0.763. The maximum absolute atomic E-state index is 13.5. The summed E-state index contributed by atoms with van der Waals surface area (Å²) in [6.45, 7) is 8.67. The van der Waals surface area contributed by atoms with Crippen molar-refractivity contribution < 1.29 is 22.7 Å². The first-order valence-corrected chi connectivity index (χ1v) is 13.6. The Kier molecular flexibility index (Phi) is 9.52. The van der Waals surface area contributed by atoms with Crippen LogP contribution in [0.2, 0.25) is 0 Å². The highest BCUT2D eigenvalue weighted by Crippen LogP contribution is 2.33.